The summed E-state index contributed by atoms with van der Waals surface area (Å²) in [7, 11) is 0. The minimum Gasteiger partial charge on any atom is -0.436 e. The molecule has 0 radical (unpaired) electrons. The molecule has 1 atom stereocenters. The zero-order valence-corrected chi connectivity index (χ0v) is 17.3. The molecule has 3 aliphatic heterocycles. The molecule has 0 saturated carbocycles. The monoisotopic (exact) mass is 434 g/mol. The second-order valence-corrected chi connectivity index (χ2v) is 8.90. The van der Waals surface area contributed by atoms with E-state index >= 15 is 0 Å². The van der Waals surface area contributed by atoms with Crippen LogP contribution in [0.1, 0.15) is 31.0 Å². The highest BCUT2D eigenvalue weighted by atomic mass is 19.3. The van der Waals surface area contributed by atoms with Crippen molar-refractivity contribution in [3.05, 3.63) is 39.7 Å². The summed E-state index contributed by atoms with van der Waals surface area (Å²) in [6.07, 6.45) is 1.94. The van der Waals surface area contributed by atoms with Crippen LogP contribution in [0.15, 0.2) is 18.3 Å². The summed E-state index contributed by atoms with van der Waals surface area (Å²) in [5.74, 6) is -1.99. The van der Waals surface area contributed by atoms with Crippen molar-refractivity contribution in [3.63, 3.8) is 0 Å². The fraction of sp³-hybridized carbons (Fsp3) is 0.600. The van der Waals surface area contributed by atoms with E-state index in [9.17, 15) is 18.9 Å². The summed E-state index contributed by atoms with van der Waals surface area (Å²) in [5.41, 5.74) is 1.64. The molecule has 0 amide bonds. The lowest BCUT2D eigenvalue weighted by molar-refractivity contribution is -0.389. The number of imidazole rings is 1. The smallest absolute Gasteiger partial charge is 0.415 e. The molecule has 0 aliphatic carbocycles. The number of halogens is 2. The average Bonchev–Trinajstić information content (AvgIpc) is 3.22. The number of hydrogen-bond acceptors (Lipinski definition) is 7. The number of ether oxygens (including phenoxy) is 1. The van der Waals surface area contributed by atoms with Gasteiger partial charge in [0.2, 0.25) is 0 Å². The quantitative estimate of drug-likeness (QED) is 0.540. The lowest BCUT2D eigenvalue weighted by atomic mass is 10.0. The van der Waals surface area contributed by atoms with Crippen molar-refractivity contribution < 1.29 is 18.4 Å². The molecule has 2 aromatic heterocycles. The number of alkyl halides is 2. The maximum atomic E-state index is 13.4. The van der Waals surface area contributed by atoms with Crippen LogP contribution in [-0.4, -0.2) is 62.1 Å². The average molecular weight is 434 g/mol. The first-order valence-electron chi connectivity index (χ1n) is 10.4. The van der Waals surface area contributed by atoms with Crippen LogP contribution in [0.2, 0.25) is 0 Å². The van der Waals surface area contributed by atoms with E-state index in [0.29, 0.717) is 26.2 Å². The molecule has 0 aromatic carbocycles. The third-order valence-electron chi connectivity index (χ3n) is 6.25. The number of aromatic nitrogens is 3. The van der Waals surface area contributed by atoms with Gasteiger partial charge < -0.3 is 19.8 Å². The van der Waals surface area contributed by atoms with Crippen molar-refractivity contribution in [2.75, 3.05) is 31.1 Å². The summed E-state index contributed by atoms with van der Waals surface area (Å²) in [4.78, 5) is 23.3. The summed E-state index contributed by atoms with van der Waals surface area (Å²) in [6, 6.07) is 4.25. The molecule has 0 N–H and O–H groups in total. The lowest BCUT2D eigenvalue weighted by Gasteiger charge is -2.35. The van der Waals surface area contributed by atoms with E-state index in [0.717, 1.165) is 36.6 Å². The molecule has 1 fully saturated rings. The predicted molar refractivity (Wildman–Crippen MR) is 108 cm³/mol. The summed E-state index contributed by atoms with van der Waals surface area (Å²) >= 11 is 0. The number of fused-ring (bicyclic) bond motifs is 2. The van der Waals surface area contributed by atoms with Crippen LogP contribution in [0, 0.1) is 10.1 Å². The second kappa shape index (κ2) is 7.11. The van der Waals surface area contributed by atoms with Gasteiger partial charge in [0.05, 0.1) is 6.54 Å². The van der Waals surface area contributed by atoms with E-state index in [1.807, 2.05) is 24.0 Å². The fourth-order valence-electron chi connectivity index (χ4n) is 4.67. The van der Waals surface area contributed by atoms with Crippen LogP contribution in [-0.2, 0) is 19.5 Å². The molecule has 11 heteroatoms. The molecular formula is C20H24F2N6O3. The molecule has 5 heterocycles. The van der Waals surface area contributed by atoms with Crippen LogP contribution in [0.5, 0.6) is 6.01 Å². The van der Waals surface area contributed by atoms with Crippen molar-refractivity contribution in [1.82, 2.24) is 19.4 Å². The Balaban J connectivity index is 1.22. The molecule has 1 unspecified atom stereocenters. The first-order valence-corrected chi connectivity index (χ1v) is 10.4. The molecule has 9 nitrogen and oxygen atoms in total. The van der Waals surface area contributed by atoms with Crippen molar-refractivity contribution >= 4 is 11.6 Å². The van der Waals surface area contributed by atoms with Gasteiger partial charge >= 0.3 is 11.8 Å². The van der Waals surface area contributed by atoms with Gasteiger partial charge in [0.1, 0.15) is 17.6 Å². The molecule has 1 saturated heterocycles. The van der Waals surface area contributed by atoms with Gasteiger partial charge in [-0.15, -0.1) is 0 Å². The molecular weight excluding hydrogens is 410 g/mol. The second-order valence-electron chi connectivity index (χ2n) is 8.90. The van der Waals surface area contributed by atoms with Crippen molar-refractivity contribution in [2.45, 2.75) is 50.8 Å². The topological polar surface area (TPSA) is 89.6 Å². The first-order chi connectivity index (χ1) is 14.7. The lowest BCUT2D eigenvalue weighted by Crippen LogP contribution is -2.46. The van der Waals surface area contributed by atoms with E-state index in [1.54, 1.807) is 4.57 Å². The Morgan fingerprint density at radius 1 is 1.23 bits per heavy atom. The standard InChI is InChI=1S/C20H24F2N6O3/c1-19(13-27-11-17(28(29)30)24-18(27)31-19)12-25-7-4-15-14(10-25)2-3-16(23-15)26-8-5-20(21,22)6-9-26/h2-3,11H,4-10,12-13H2,1H3. The largest absolute Gasteiger partial charge is 0.436 e. The number of hydrogen-bond donors (Lipinski definition) is 0. The van der Waals surface area contributed by atoms with E-state index in [1.165, 1.54) is 6.20 Å². The summed E-state index contributed by atoms with van der Waals surface area (Å²) in [6.45, 7) is 5.33. The highest BCUT2D eigenvalue weighted by Crippen LogP contribution is 2.33. The highest BCUT2D eigenvalue weighted by molar-refractivity contribution is 5.43. The highest BCUT2D eigenvalue weighted by Gasteiger charge is 2.42. The van der Waals surface area contributed by atoms with Gasteiger partial charge in [0, 0.05) is 62.7 Å². The van der Waals surface area contributed by atoms with Crippen LogP contribution >= 0.6 is 0 Å². The third kappa shape index (κ3) is 3.93. The molecule has 3 aliphatic rings. The Morgan fingerprint density at radius 2 is 2.00 bits per heavy atom. The van der Waals surface area contributed by atoms with Gasteiger partial charge in [-0.3, -0.25) is 9.47 Å². The number of nitrogens with zero attached hydrogens (tertiary/aromatic N) is 6. The minimum absolute atomic E-state index is 0.126. The van der Waals surface area contributed by atoms with Gasteiger partial charge in [-0.25, -0.2) is 13.8 Å². The maximum absolute atomic E-state index is 13.4. The van der Waals surface area contributed by atoms with Gasteiger partial charge in [-0.1, -0.05) is 6.07 Å². The molecule has 2 aromatic rings. The van der Waals surface area contributed by atoms with Gasteiger partial charge in [-0.05, 0) is 23.5 Å². The number of pyridine rings is 1. The third-order valence-corrected chi connectivity index (χ3v) is 6.25. The number of rotatable bonds is 4. The van der Waals surface area contributed by atoms with E-state index in [2.05, 4.69) is 9.88 Å². The molecule has 31 heavy (non-hydrogen) atoms. The molecule has 0 spiro atoms. The van der Waals surface area contributed by atoms with Gasteiger partial charge in [0.25, 0.3) is 5.92 Å². The molecule has 0 bridgehead atoms. The molecule has 5 rings (SSSR count). The predicted octanol–water partition coefficient (Wildman–Crippen LogP) is 2.63. The van der Waals surface area contributed by atoms with E-state index < -0.39 is 16.4 Å². The van der Waals surface area contributed by atoms with Crippen LogP contribution in [0.25, 0.3) is 0 Å². The SMILES string of the molecule is CC1(CN2CCc3nc(N4CCC(F)(F)CC4)ccc3C2)Cn2cc([N+](=O)[O-])nc2O1. The Kier molecular flexibility index (Phi) is 4.61. The Hall–Kier alpha value is -2.82. The number of piperidine rings is 1. The minimum atomic E-state index is -2.56. The Labute approximate surface area is 177 Å². The van der Waals surface area contributed by atoms with Crippen LogP contribution in [0.4, 0.5) is 20.4 Å². The zero-order valence-electron chi connectivity index (χ0n) is 17.3. The van der Waals surface area contributed by atoms with Crippen LogP contribution in [0.3, 0.4) is 0 Å². The number of anilines is 1. The number of nitro groups is 1. The summed E-state index contributed by atoms with van der Waals surface area (Å²) in [5, 5.41) is 10.9. The Morgan fingerprint density at radius 3 is 2.71 bits per heavy atom. The van der Waals surface area contributed by atoms with E-state index in [-0.39, 0.29) is 24.7 Å². The fourth-order valence-corrected chi connectivity index (χ4v) is 4.67. The summed E-state index contributed by atoms with van der Waals surface area (Å²) < 4.78 is 34.5. The van der Waals surface area contributed by atoms with E-state index in [4.69, 9.17) is 9.72 Å². The van der Waals surface area contributed by atoms with Crippen molar-refractivity contribution in [1.29, 1.82) is 0 Å². The van der Waals surface area contributed by atoms with Gasteiger partial charge in [0.15, 0.2) is 0 Å². The normalized spacial score (nSPS) is 25.1. The first kappa shape index (κ1) is 20.1. The van der Waals surface area contributed by atoms with Crippen molar-refractivity contribution in [2.24, 2.45) is 0 Å². The maximum Gasteiger partial charge on any atom is 0.415 e. The Bertz CT molecular complexity index is 993. The zero-order chi connectivity index (χ0) is 21.8. The van der Waals surface area contributed by atoms with Gasteiger partial charge in [-0.2, -0.15) is 0 Å². The molecule has 166 valence electrons. The van der Waals surface area contributed by atoms with Crippen molar-refractivity contribution in [3.8, 4) is 6.01 Å². The van der Waals surface area contributed by atoms with Crippen LogP contribution < -0.4 is 9.64 Å².